The Balaban J connectivity index is 1.52. The SMILES string of the molecule is c1cc(-c2ccc3c(c2)[nH]c2c(N4CCOCC4)nc(N4CCNCC4)nc23)ccn1. The number of H-pyrrole nitrogens is 1. The quantitative estimate of drug-likeness (QED) is 0.532. The van der Waals surface area contributed by atoms with Crippen molar-refractivity contribution in [1.82, 2.24) is 25.3 Å². The zero-order valence-electron chi connectivity index (χ0n) is 17.3. The number of pyridine rings is 1. The highest BCUT2D eigenvalue weighted by molar-refractivity contribution is 6.09. The van der Waals surface area contributed by atoms with Gasteiger partial charge in [0.2, 0.25) is 5.95 Å². The predicted molar refractivity (Wildman–Crippen MR) is 123 cm³/mol. The number of piperazine rings is 1. The van der Waals surface area contributed by atoms with Gasteiger partial charge in [-0.15, -0.1) is 0 Å². The summed E-state index contributed by atoms with van der Waals surface area (Å²) in [6, 6.07) is 10.6. The van der Waals surface area contributed by atoms with E-state index in [4.69, 9.17) is 14.7 Å². The first-order valence-corrected chi connectivity index (χ1v) is 10.9. The van der Waals surface area contributed by atoms with Crippen LogP contribution in [-0.4, -0.2) is 72.4 Å². The van der Waals surface area contributed by atoms with Crippen molar-refractivity contribution in [3.63, 3.8) is 0 Å². The Bertz CT molecular complexity index is 1210. The molecule has 5 heterocycles. The maximum Gasteiger partial charge on any atom is 0.228 e. The summed E-state index contributed by atoms with van der Waals surface area (Å²) in [7, 11) is 0. The van der Waals surface area contributed by atoms with Crippen LogP contribution in [-0.2, 0) is 4.74 Å². The van der Waals surface area contributed by atoms with E-state index in [9.17, 15) is 0 Å². The Labute approximate surface area is 180 Å². The number of ether oxygens (including phenoxy) is 1. The zero-order valence-corrected chi connectivity index (χ0v) is 17.3. The molecule has 0 spiro atoms. The molecule has 158 valence electrons. The molecule has 2 fully saturated rings. The van der Waals surface area contributed by atoms with Crippen LogP contribution in [0.1, 0.15) is 0 Å². The average molecular weight is 416 g/mol. The number of fused-ring (bicyclic) bond motifs is 3. The summed E-state index contributed by atoms with van der Waals surface area (Å²) < 4.78 is 5.58. The third-order valence-corrected chi connectivity index (χ3v) is 6.14. The van der Waals surface area contributed by atoms with E-state index < -0.39 is 0 Å². The molecule has 0 atom stereocenters. The van der Waals surface area contributed by atoms with Crippen molar-refractivity contribution in [3.8, 4) is 11.1 Å². The second-order valence-corrected chi connectivity index (χ2v) is 8.03. The second kappa shape index (κ2) is 7.79. The molecule has 8 heteroatoms. The monoisotopic (exact) mass is 415 g/mol. The third-order valence-electron chi connectivity index (χ3n) is 6.14. The van der Waals surface area contributed by atoms with Crippen molar-refractivity contribution < 1.29 is 4.74 Å². The van der Waals surface area contributed by atoms with Gasteiger partial charge in [-0.25, -0.2) is 4.98 Å². The van der Waals surface area contributed by atoms with Crippen molar-refractivity contribution in [2.45, 2.75) is 0 Å². The Morgan fingerprint density at radius 1 is 0.839 bits per heavy atom. The molecule has 2 N–H and O–H groups in total. The minimum atomic E-state index is 0.723. The Hall–Kier alpha value is -3.23. The van der Waals surface area contributed by atoms with Crippen LogP contribution >= 0.6 is 0 Å². The Morgan fingerprint density at radius 3 is 2.45 bits per heavy atom. The topological polar surface area (TPSA) is 82.2 Å². The summed E-state index contributed by atoms with van der Waals surface area (Å²) in [5.41, 5.74) is 5.37. The number of benzene rings is 1. The minimum Gasteiger partial charge on any atom is -0.378 e. The number of hydrogen-bond donors (Lipinski definition) is 2. The van der Waals surface area contributed by atoms with Gasteiger partial charge in [0.1, 0.15) is 11.0 Å². The molecule has 8 nitrogen and oxygen atoms in total. The number of nitrogens with zero attached hydrogens (tertiary/aromatic N) is 5. The van der Waals surface area contributed by atoms with Gasteiger partial charge in [0.05, 0.1) is 13.2 Å². The zero-order chi connectivity index (χ0) is 20.6. The van der Waals surface area contributed by atoms with Gasteiger partial charge >= 0.3 is 0 Å². The molecule has 0 amide bonds. The smallest absolute Gasteiger partial charge is 0.228 e. The van der Waals surface area contributed by atoms with E-state index in [0.717, 1.165) is 97.3 Å². The molecule has 2 aliphatic heterocycles. The molecule has 0 unspecified atom stereocenters. The van der Waals surface area contributed by atoms with E-state index in [0.29, 0.717) is 0 Å². The molecule has 2 saturated heterocycles. The largest absolute Gasteiger partial charge is 0.378 e. The molecule has 6 rings (SSSR count). The summed E-state index contributed by atoms with van der Waals surface area (Å²) in [6.07, 6.45) is 3.65. The first kappa shape index (κ1) is 18.5. The number of nitrogens with one attached hydrogen (secondary N) is 2. The van der Waals surface area contributed by atoms with Gasteiger partial charge in [-0.05, 0) is 29.3 Å². The van der Waals surface area contributed by atoms with Gasteiger partial charge in [-0.2, -0.15) is 4.98 Å². The van der Waals surface area contributed by atoms with Crippen LogP contribution in [0.25, 0.3) is 33.1 Å². The summed E-state index contributed by atoms with van der Waals surface area (Å²) in [5, 5.41) is 4.54. The van der Waals surface area contributed by atoms with Crippen LogP contribution in [0.2, 0.25) is 0 Å². The molecule has 1 aromatic carbocycles. The van der Waals surface area contributed by atoms with Crippen LogP contribution in [0.15, 0.2) is 42.7 Å². The van der Waals surface area contributed by atoms with Crippen molar-refractivity contribution in [2.24, 2.45) is 0 Å². The summed E-state index contributed by atoms with van der Waals surface area (Å²) in [5.74, 6) is 1.79. The molecular formula is C23H25N7O. The highest BCUT2D eigenvalue weighted by Crippen LogP contribution is 2.34. The van der Waals surface area contributed by atoms with Gasteiger partial charge < -0.3 is 24.8 Å². The molecule has 0 aliphatic carbocycles. The highest BCUT2D eigenvalue weighted by atomic mass is 16.5. The number of hydrogen-bond acceptors (Lipinski definition) is 7. The number of anilines is 2. The van der Waals surface area contributed by atoms with Gasteiger partial charge in [0.25, 0.3) is 0 Å². The van der Waals surface area contributed by atoms with Crippen LogP contribution in [0.4, 0.5) is 11.8 Å². The second-order valence-electron chi connectivity index (χ2n) is 8.03. The van der Waals surface area contributed by atoms with E-state index in [1.165, 1.54) is 0 Å². The predicted octanol–water partition coefficient (Wildman–Crippen LogP) is 2.42. The van der Waals surface area contributed by atoms with Crippen molar-refractivity contribution in [1.29, 1.82) is 0 Å². The molecule has 2 aliphatic rings. The number of morpholine rings is 1. The lowest BCUT2D eigenvalue weighted by Gasteiger charge is -2.31. The fourth-order valence-electron chi connectivity index (χ4n) is 4.47. The van der Waals surface area contributed by atoms with Gasteiger partial charge in [0.15, 0.2) is 5.82 Å². The first-order valence-electron chi connectivity index (χ1n) is 10.9. The molecule has 4 aromatic rings. The van der Waals surface area contributed by atoms with Crippen molar-refractivity contribution in [2.75, 3.05) is 62.3 Å². The Morgan fingerprint density at radius 2 is 1.65 bits per heavy atom. The lowest BCUT2D eigenvalue weighted by molar-refractivity contribution is 0.122. The van der Waals surface area contributed by atoms with E-state index in [1.54, 1.807) is 0 Å². The fourth-order valence-corrected chi connectivity index (χ4v) is 4.47. The molecule has 31 heavy (non-hydrogen) atoms. The standard InChI is InChI=1S/C23H25N7O/c1-2-18-19(15-17(1)16-3-5-24-6-4-16)26-21-20(18)27-23(30-9-7-25-8-10-30)28-22(21)29-11-13-31-14-12-29/h1-6,15,25-26H,7-14H2. The normalized spacial score (nSPS) is 17.5. The first-order chi connectivity index (χ1) is 15.4. The van der Waals surface area contributed by atoms with Crippen LogP contribution in [0.5, 0.6) is 0 Å². The number of aromatic nitrogens is 4. The number of rotatable bonds is 3. The van der Waals surface area contributed by atoms with Crippen molar-refractivity contribution >= 4 is 33.7 Å². The molecule has 0 saturated carbocycles. The Kier molecular flexibility index (Phi) is 4.66. The summed E-state index contributed by atoms with van der Waals surface area (Å²) in [4.78, 5) is 22.4. The van der Waals surface area contributed by atoms with Gasteiger partial charge in [0, 0.05) is 62.6 Å². The molecule has 0 bridgehead atoms. The minimum absolute atomic E-state index is 0.723. The van der Waals surface area contributed by atoms with E-state index >= 15 is 0 Å². The van der Waals surface area contributed by atoms with Crippen LogP contribution in [0, 0.1) is 0 Å². The van der Waals surface area contributed by atoms with Gasteiger partial charge in [-0.1, -0.05) is 12.1 Å². The molecule has 3 aromatic heterocycles. The maximum absolute atomic E-state index is 5.58. The van der Waals surface area contributed by atoms with E-state index in [1.807, 2.05) is 24.5 Å². The van der Waals surface area contributed by atoms with Crippen LogP contribution in [0.3, 0.4) is 0 Å². The fraction of sp³-hybridized carbons (Fsp3) is 0.348. The van der Waals surface area contributed by atoms with E-state index in [-0.39, 0.29) is 0 Å². The van der Waals surface area contributed by atoms with Crippen LogP contribution < -0.4 is 15.1 Å². The maximum atomic E-state index is 5.58. The number of aromatic amines is 1. The lowest BCUT2D eigenvalue weighted by Crippen LogP contribution is -2.44. The molecule has 0 radical (unpaired) electrons. The summed E-state index contributed by atoms with van der Waals surface area (Å²) >= 11 is 0. The third kappa shape index (κ3) is 3.37. The lowest BCUT2D eigenvalue weighted by atomic mass is 10.1. The van der Waals surface area contributed by atoms with Crippen molar-refractivity contribution in [3.05, 3.63) is 42.7 Å². The average Bonchev–Trinajstić information content (AvgIpc) is 3.23. The highest BCUT2D eigenvalue weighted by Gasteiger charge is 2.23. The molecular weight excluding hydrogens is 390 g/mol. The summed E-state index contributed by atoms with van der Waals surface area (Å²) in [6.45, 7) is 6.87. The van der Waals surface area contributed by atoms with Gasteiger partial charge in [-0.3, -0.25) is 4.98 Å². The van der Waals surface area contributed by atoms with E-state index in [2.05, 4.69) is 43.3 Å².